The molecule has 6 heteroatoms. The van der Waals surface area contributed by atoms with Crippen LogP contribution in [-0.2, 0) is 14.3 Å². The fourth-order valence-corrected chi connectivity index (χ4v) is 1.45. The van der Waals surface area contributed by atoms with Crippen LogP contribution in [0.25, 0.3) is 6.08 Å². The molecule has 19 heavy (non-hydrogen) atoms. The molecule has 1 atom stereocenters. The van der Waals surface area contributed by atoms with Crippen molar-refractivity contribution < 1.29 is 19.4 Å². The molecular formula is C13H14ClNO4. The predicted octanol–water partition coefficient (Wildman–Crippen LogP) is 1.00. The van der Waals surface area contributed by atoms with E-state index in [0.29, 0.717) is 10.6 Å². The van der Waals surface area contributed by atoms with Crippen molar-refractivity contribution >= 4 is 29.6 Å². The maximum absolute atomic E-state index is 11.4. The van der Waals surface area contributed by atoms with E-state index in [4.69, 9.17) is 11.6 Å². The fourth-order valence-electron chi connectivity index (χ4n) is 1.25. The third kappa shape index (κ3) is 5.11. The smallest absolute Gasteiger partial charge is 0.336 e. The number of hydrogen-bond acceptors (Lipinski definition) is 4. The van der Waals surface area contributed by atoms with Crippen LogP contribution in [0.2, 0.25) is 5.02 Å². The first-order chi connectivity index (χ1) is 9.04. The van der Waals surface area contributed by atoms with Gasteiger partial charge < -0.3 is 15.2 Å². The lowest BCUT2D eigenvalue weighted by Crippen LogP contribution is -2.36. The molecule has 0 aliphatic rings. The van der Waals surface area contributed by atoms with E-state index in [0.717, 1.165) is 7.11 Å². The van der Waals surface area contributed by atoms with Gasteiger partial charge in [0.1, 0.15) is 0 Å². The summed E-state index contributed by atoms with van der Waals surface area (Å²) in [6.07, 6.45) is 1.44. The Bertz CT molecular complexity index is 487. The number of rotatable bonds is 5. The van der Waals surface area contributed by atoms with E-state index in [1.54, 1.807) is 30.3 Å². The van der Waals surface area contributed by atoms with E-state index in [-0.39, 0.29) is 6.54 Å². The molecule has 0 aliphatic carbocycles. The Hall–Kier alpha value is -1.85. The minimum absolute atomic E-state index is 0.210. The molecule has 1 amide bonds. The van der Waals surface area contributed by atoms with Gasteiger partial charge in [-0.1, -0.05) is 29.8 Å². The van der Waals surface area contributed by atoms with E-state index in [9.17, 15) is 14.7 Å². The number of halogens is 1. The Kier molecular flexibility index (Phi) is 6.05. The number of carbonyl (C=O) groups is 2. The zero-order valence-electron chi connectivity index (χ0n) is 10.3. The number of nitrogens with one attached hydrogen (secondary N) is 1. The van der Waals surface area contributed by atoms with Gasteiger partial charge in [-0.2, -0.15) is 0 Å². The van der Waals surface area contributed by atoms with Crippen LogP contribution in [0.5, 0.6) is 0 Å². The summed E-state index contributed by atoms with van der Waals surface area (Å²) in [4.78, 5) is 22.3. The number of benzene rings is 1. The van der Waals surface area contributed by atoms with Crippen LogP contribution < -0.4 is 5.32 Å². The van der Waals surface area contributed by atoms with E-state index < -0.39 is 18.0 Å². The van der Waals surface area contributed by atoms with Crippen LogP contribution in [0, 0.1) is 0 Å². The lowest BCUT2D eigenvalue weighted by atomic mass is 10.2. The van der Waals surface area contributed by atoms with Gasteiger partial charge in [0.15, 0.2) is 6.10 Å². The maximum Gasteiger partial charge on any atom is 0.336 e. The Morgan fingerprint density at radius 3 is 2.79 bits per heavy atom. The van der Waals surface area contributed by atoms with Gasteiger partial charge >= 0.3 is 5.97 Å². The summed E-state index contributed by atoms with van der Waals surface area (Å²) in [6.45, 7) is -0.210. The summed E-state index contributed by atoms with van der Waals surface area (Å²) >= 11 is 5.91. The molecule has 0 aliphatic heterocycles. The second-order valence-corrected chi connectivity index (χ2v) is 4.05. The second kappa shape index (κ2) is 7.56. The minimum atomic E-state index is -1.37. The van der Waals surface area contributed by atoms with Gasteiger partial charge in [0, 0.05) is 11.1 Å². The van der Waals surface area contributed by atoms with Crippen molar-refractivity contribution in [2.45, 2.75) is 6.10 Å². The van der Waals surface area contributed by atoms with Gasteiger partial charge in [-0.05, 0) is 17.7 Å². The van der Waals surface area contributed by atoms with Gasteiger partial charge in [-0.3, -0.25) is 4.79 Å². The second-order valence-electron chi connectivity index (χ2n) is 3.64. The number of methoxy groups -OCH3 is 1. The monoisotopic (exact) mass is 283 g/mol. The van der Waals surface area contributed by atoms with Gasteiger partial charge in [-0.25, -0.2) is 4.79 Å². The molecular weight excluding hydrogens is 270 g/mol. The highest BCUT2D eigenvalue weighted by Crippen LogP contribution is 2.15. The van der Waals surface area contributed by atoms with Gasteiger partial charge in [0.2, 0.25) is 5.91 Å². The SMILES string of the molecule is COC(=O)C(O)CNC(=O)/C=C/c1ccccc1Cl. The van der Waals surface area contributed by atoms with Crippen molar-refractivity contribution in [3.05, 3.63) is 40.9 Å². The third-order valence-electron chi connectivity index (χ3n) is 2.26. The lowest BCUT2D eigenvalue weighted by Gasteiger charge is -2.08. The van der Waals surface area contributed by atoms with Crippen LogP contribution in [0.1, 0.15) is 5.56 Å². The molecule has 0 spiro atoms. The fraction of sp³-hybridized carbons (Fsp3) is 0.231. The Morgan fingerprint density at radius 2 is 2.16 bits per heavy atom. The molecule has 1 aromatic rings. The first-order valence-electron chi connectivity index (χ1n) is 5.51. The number of aliphatic hydroxyl groups excluding tert-OH is 1. The standard InChI is InChI=1S/C13H14ClNO4/c1-19-13(18)11(16)8-15-12(17)7-6-9-4-2-3-5-10(9)14/h2-7,11,16H,8H2,1H3,(H,15,17)/b7-6+. The van der Waals surface area contributed by atoms with E-state index in [1.807, 2.05) is 0 Å². The number of carbonyl (C=O) groups excluding carboxylic acids is 2. The summed E-state index contributed by atoms with van der Waals surface area (Å²) in [5, 5.41) is 12.2. The van der Waals surface area contributed by atoms with Gasteiger partial charge in [0.25, 0.3) is 0 Å². The number of hydrogen-bond donors (Lipinski definition) is 2. The molecule has 0 saturated carbocycles. The highest BCUT2D eigenvalue weighted by molar-refractivity contribution is 6.32. The largest absolute Gasteiger partial charge is 0.467 e. The number of esters is 1. The minimum Gasteiger partial charge on any atom is -0.467 e. The molecule has 0 aromatic heterocycles. The van der Waals surface area contributed by atoms with Crippen molar-refractivity contribution in [1.82, 2.24) is 5.32 Å². The van der Waals surface area contributed by atoms with Crippen molar-refractivity contribution in [1.29, 1.82) is 0 Å². The molecule has 0 saturated heterocycles. The molecule has 1 aromatic carbocycles. The molecule has 0 fully saturated rings. The molecule has 0 radical (unpaired) electrons. The zero-order chi connectivity index (χ0) is 14.3. The van der Waals surface area contributed by atoms with Crippen LogP contribution in [-0.4, -0.2) is 36.7 Å². The van der Waals surface area contributed by atoms with Crippen molar-refractivity contribution in [3.8, 4) is 0 Å². The highest BCUT2D eigenvalue weighted by Gasteiger charge is 2.15. The van der Waals surface area contributed by atoms with Crippen LogP contribution in [0.4, 0.5) is 0 Å². The Labute approximate surface area is 115 Å². The summed E-state index contributed by atoms with van der Waals surface area (Å²) < 4.78 is 4.31. The van der Waals surface area contributed by atoms with Crippen LogP contribution >= 0.6 is 11.6 Å². The third-order valence-corrected chi connectivity index (χ3v) is 2.61. The van der Waals surface area contributed by atoms with Crippen molar-refractivity contribution in [2.75, 3.05) is 13.7 Å². The van der Waals surface area contributed by atoms with Crippen molar-refractivity contribution in [2.24, 2.45) is 0 Å². The summed E-state index contributed by atoms with van der Waals surface area (Å²) in [7, 11) is 1.16. The number of amides is 1. The molecule has 1 unspecified atom stereocenters. The Balaban J connectivity index is 2.48. The summed E-state index contributed by atoms with van der Waals surface area (Å²) in [6, 6.07) is 7.05. The molecule has 0 heterocycles. The quantitative estimate of drug-likeness (QED) is 0.624. The molecule has 5 nitrogen and oxygen atoms in total. The molecule has 1 rings (SSSR count). The zero-order valence-corrected chi connectivity index (χ0v) is 11.1. The van der Waals surface area contributed by atoms with Crippen LogP contribution in [0.3, 0.4) is 0 Å². The van der Waals surface area contributed by atoms with Gasteiger partial charge in [0.05, 0.1) is 13.7 Å². The topological polar surface area (TPSA) is 75.6 Å². The number of ether oxygens (including phenoxy) is 1. The van der Waals surface area contributed by atoms with Crippen LogP contribution in [0.15, 0.2) is 30.3 Å². The van der Waals surface area contributed by atoms with Gasteiger partial charge in [-0.15, -0.1) is 0 Å². The lowest BCUT2D eigenvalue weighted by molar-refractivity contribution is -0.150. The van der Waals surface area contributed by atoms with E-state index in [1.165, 1.54) is 6.08 Å². The maximum atomic E-state index is 11.4. The Morgan fingerprint density at radius 1 is 1.47 bits per heavy atom. The summed E-state index contributed by atoms with van der Waals surface area (Å²) in [5.74, 6) is -1.24. The van der Waals surface area contributed by atoms with E-state index in [2.05, 4.69) is 10.1 Å². The highest BCUT2D eigenvalue weighted by atomic mass is 35.5. The average molecular weight is 284 g/mol. The first kappa shape index (κ1) is 15.2. The molecule has 2 N–H and O–H groups in total. The molecule has 102 valence electrons. The predicted molar refractivity (Wildman–Crippen MR) is 71.5 cm³/mol. The number of aliphatic hydroxyl groups is 1. The summed E-state index contributed by atoms with van der Waals surface area (Å²) in [5.41, 5.74) is 0.702. The average Bonchev–Trinajstić information content (AvgIpc) is 2.42. The van der Waals surface area contributed by atoms with E-state index >= 15 is 0 Å². The van der Waals surface area contributed by atoms with Crippen molar-refractivity contribution in [3.63, 3.8) is 0 Å². The molecule has 0 bridgehead atoms. The first-order valence-corrected chi connectivity index (χ1v) is 5.88. The normalized spacial score (nSPS) is 12.2.